The number of thiophene rings is 2. The Morgan fingerprint density at radius 1 is 1.30 bits per heavy atom. The maximum Gasteiger partial charge on any atom is 0.250 e. The lowest BCUT2D eigenvalue weighted by Gasteiger charge is -2.20. The third kappa shape index (κ3) is 3.48. The fourth-order valence-electron chi connectivity index (χ4n) is 1.83. The first-order chi connectivity index (χ1) is 9.44. The largest absolute Gasteiger partial charge is 0.326 e. The zero-order valence-electron chi connectivity index (χ0n) is 11.4. The van der Waals surface area contributed by atoms with Gasteiger partial charge in [0.1, 0.15) is 4.21 Å². The summed E-state index contributed by atoms with van der Waals surface area (Å²) in [6.07, 6.45) is 0. The molecule has 2 rings (SSSR count). The zero-order valence-corrected chi connectivity index (χ0v) is 13.8. The van der Waals surface area contributed by atoms with Gasteiger partial charge in [-0.25, -0.2) is 13.1 Å². The molecule has 2 aromatic heterocycles. The van der Waals surface area contributed by atoms with Gasteiger partial charge in [-0.15, -0.1) is 22.7 Å². The minimum absolute atomic E-state index is 0.178. The SMILES string of the molecule is CC(C)C(NS(=O)(=O)c1ccc(CN)s1)c1cccs1. The van der Waals surface area contributed by atoms with E-state index in [9.17, 15) is 8.42 Å². The smallest absolute Gasteiger partial charge is 0.250 e. The van der Waals surface area contributed by atoms with Crippen LogP contribution in [-0.2, 0) is 16.6 Å². The molecule has 1 atom stereocenters. The van der Waals surface area contributed by atoms with Crippen molar-refractivity contribution in [1.82, 2.24) is 4.72 Å². The lowest BCUT2D eigenvalue weighted by molar-refractivity contribution is 0.469. The lowest BCUT2D eigenvalue weighted by Crippen LogP contribution is -2.30. The summed E-state index contributed by atoms with van der Waals surface area (Å²) in [5.41, 5.74) is 5.53. The summed E-state index contributed by atoms with van der Waals surface area (Å²) in [6.45, 7) is 4.37. The Balaban J connectivity index is 2.25. The molecule has 2 aromatic rings. The highest BCUT2D eigenvalue weighted by Crippen LogP contribution is 2.29. The summed E-state index contributed by atoms with van der Waals surface area (Å²) in [4.78, 5) is 1.89. The Morgan fingerprint density at radius 2 is 2.05 bits per heavy atom. The number of hydrogen-bond acceptors (Lipinski definition) is 5. The molecule has 0 aliphatic rings. The van der Waals surface area contributed by atoms with E-state index in [-0.39, 0.29) is 12.0 Å². The third-order valence-corrected chi connectivity index (χ3v) is 6.90. The second-order valence-corrected chi connectivity index (χ2v) is 8.87. The molecule has 0 fully saturated rings. The van der Waals surface area contributed by atoms with Crippen molar-refractivity contribution in [1.29, 1.82) is 0 Å². The van der Waals surface area contributed by atoms with Gasteiger partial charge in [0.25, 0.3) is 10.0 Å². The topological polar surface area (TPSA) is 72.2 Å². The summed E-state index contributed by atoms with van der Waals surface area (Å²) in [6, 6.07) is 7.05. The molecular formula is C13H18N2O2S3. The van der Waals surface area contributed by atoms with E-state index >= 15 is 0 Å². The first-order valence-electron chi connectivity index (χ1n) is 6.28. The average molecular weight is 330 g/mol. The molecule has 7 heteroatoms. The van der Waals surface area contributed by atoms with Crippen molar-refractivity contribution < 1.29 is 8.42 Å². The monoisotopic (exact) mass is 330 g/mol. The molecule has 3 N–H and O–H groups in total. The highest BCUT2D eigenvalue weighted by atomic mass is 32.2. The van der Waals surface area contributed by atoms with Crippen LogP contribution in [-0.4, -0.2) is 8.42 Å². The summed E-state index contributed by atoms with van der Waals surface area (Å²) >= 11 is 2.78. The van der Waals surface area contributed by atoms with Crippen LogP contribution in [0.4, 0.5) is 0 Å². The molecule has 0 radical (unpaired) electrons. The van der Waals surface area contributed by atoms with Crippen molar-refractivity contribution in [3.8, 4) is 0 Å². The minimum Gasteiger partial charge on any atom is -0.326 e. The predicted molar refractivity (Wildman–Crippen MR) is 84.4 cm³/mol. The second-order valence-electron chi connectivity index (χ2n) is 4.78. The molecule has 110 valence electrons. The van der Waals surface area contributed by atoms with E-state index in [0.29, 0.717) is 10.8 Å². The van der Waals surface area contributed by atoms with Crippen molar-refractivity contribution in [2.45, 2.75) is 30.6 Å². The maximum absolute atomic E-state index is 12.4. The zero-order chi connectivity index (χ0) is 14.8. The Kier molecular flexibility index (Phi) is 4.98. The Morgan fingerprint density at radius 3 is 2.55 bits per heavy atom. The van der Waals surface area contributed by atoms with E-state index in [1.165, 1.54) is 11.3 Å². The van der Waals surface area contributed by atoms with Crippen LogP contribution in [0.2, 0.25) is 0 Å². The second kappa shape index (κ2) is 6.36. The molecule has 20 heavy (non-hydrogen) atoms. The van der Waals surface area contributed by atoms with Crippen LogP contribution in [0.3, 0.4) is 0 Å². The van der Waals surface area contributed by atoms with E-state index < -0.39 is 10.0 Å². The van der Waals surface area contributed by atoms with Crippen molar-refractivity contribution in [2.24, 2.45) is 11.7 Å². The first kappa shape index (κ1) is 15.7. The molecular weight excluding hydrogens is 312 g/mol. The Labute approximate surface area is 127 Å². The quantitative estimate of drug-likeness (QED) is 0.855. The van der Waals surface area contributed by atoms with Crippen molar-refractivity contribution in [3.05, 3.63) is 39.4 Å². The predicted octanol–water partition coefficient (Wildman–Crippen LogP) is 2.94. The van der Waals surface area contributed by atoms with Gasteiger partial charge in [0.2, 0.25) is 0 Å². The van der Waals surface area contributed by atoms with Gasteiger partial charge < -0.3 is 5.73 Å². The van der Waals surface area contributed by atoms with Gasteiger partial charge in [-0.3, -0.25) is 0 Å². The third-order valence-electron chi connectivity index (χ3n) is 2.90. The van der Waals surface area contributed by atoms with Crippen molar-refractivity contribution in [2.75, 3.05) is 0 Å². The van der Waals surface area contributed by atoms with Crippen LogP contribution in [0, 0.1) is 5.92 Å². The molecule has 0 aliphatic carbocycles. The van der Waals surface area contributed by atoms with Gasteiger partial charge in [0.05, 0.1) is 6.04 Å². The molecule has 1 unspecified atom stereocenters. The number of nitrogens with one attached hydrogen (secondary N) is 1. The van der Waals surface area contributed by atoms with Gasteiger partial charge in [0.15, 0.2) is 0 Å². The fourth-order valence-corrected chi connectivity index (χ4v) is 5.47. The maximum atomic E-state index is 12.4. The van der Waals surface area contributed by atoms with Crippen LogP contribution in [0.5, 0.6) is 0 Å². The Bertz CT molecular complexity index is 645. The molecule has 0 aliphatic heterocycles. The van der Waals surface area contributed by atoms with Crippen LogP contribution in [0.15, 0.2) is 33.9 Å². The first-order valence-corrected chi connectivity index (χ1v) is 9.46. The summed E-state index contributed by atoms with van der Waals surface area (Å²) < 4.78 is 28.0. The molecule has 4 nitrogen and oxygen atoms in total. The van der Waals surface area contributed by atoms with Gasteiger partial charge in [-0.1, -0.05) is 19.9 Å². The van der Waals surface area contributed by atoms with E-state index in [2.05, 4.69) is 4.72 Å². The Hall–Kier alpha value is -0.730. The molecule has 0 bridgehead atoms. The molecule has 0 spiro atoms. The summed E-state index contributed by atoms with van der Waals surface area (Å²) in [5.74, 6) is 0.178. The van der Waals surface area contributed by atoms with Crippen molar-refractivity contribution in [3.63, 3.8) is 0 Å². The standard InChI is InChI=1S/C13H18N2O2S3/c1-9(2)13(11-4-3-7-18-11)15-20(16,17)12-6-5-10(8-14)19-12/h3-7,9,13,15H,8,14H2,1-2H3. The molecule has 0 saturated carbocycles. The summed E-state index contributed by atoms with van der Waals surface area (Å²) in [7, 11) is -3.50. The fraction of sp³-hybridized carbons (Fsp3) is 0.385. The van der Waals surface area contributed by atoms with Crippen LogP contribution in [0.25, 0.3) is 0 Å². The molecule has 0 saturated heterocycles. The summed E-state index contributed by atoms with van der Waals surface area (Å²) in [5, 5.41) is 1.96. The van der Waals surface area contributed by atoms with E-state index in [4.69, 9.17) is 5.73 Å². The molecule has 0 aromatic carbocycles. The lowest BCUT2D eigenvalue weighted by atomic mass is 10.0. The van der Waals surface area contributed by atoms with E-state index in [0.717, 1.165) is 9.75 Å². The molecule has 0 amide bonds. The van der Waals surface area contributed by atoms with Crippen LogP contribution in [0.1, 0.15) is 29.6 Å². The van der Waals surface area contributed by atoms with Gasteiger partial charge in [-0.05, 0) is 29.5 Å². The molecule has 2 heterocycles. The van der Waals surface area contributed by atoms with E-state index in [1.807, 2.05) is 31.4 Å². The number of hydrogen-bond donors (Lipinski definition) is 2. The van der Waals surface area contributed by atoms with E-state index in [1.54, 1.807) is 23.5 Å². The van der Waals surface area contributed by atoms with Crippen LogP contribution < -0.4 is 10.5 Å². The van der Waals surface area contributed by atoms with Crippen LogP contribution >= 0.6 is 22.7 Å². The average Bonchev–Trinajstić information content (AvgIpc) is 3.06. The van der Waals surface area contributed by atoms with Gasteiger partial charge in [-0.2, -0.15) is 0 Å². The highest BCUT2D eigenvalue weighted by molar-refractivity contribution is 7.91. The minimum atomic E-state index is -3.50. The number of nitrogens with two attached hydrogens (primary N) is 1. The normalized spacial score (nSPS) is 13.8. The number of rotatable bonds is 6. The number of sulfonamides is 1. The highest BCUT2D eigenvalue weighted by Gasteiger charge is 2.25. The van der Waals surface area contributed by atoms with Gasteiger partial charge >= 0.3 is 0 Å². The van der Waals surface area contributed by atoms with Gasteiger partial charge in [0, 0.05) is 16.3 Å². The van der Waals surface area contributed by atoms with Crippen molar-refractivity contribution >= 4 is 32.7 Å².